The summed E-state index contributed by atoms with van der Waals surface area (Å²) < 4.78 is 37.1. The number of primary amides is 1. The van der Waals surface area contributed by atoms with Crippen LogP contribution in [0, 0.1) is 0 Å². The van der Waals surface area contributed by atoms with Crippen molar-refractivity contribution >= 4 is 49.8 Å². The zero-order valence-corrected chi connectivity index (χ0v) is 53.2. The highest BCUT2D eigenvalue weighted by molar-refractivity contribution is 7.32. The Labute approximate surface area is 506 Å². The van der Waals surface area contributed by atoms with Gasteiger partial charge in [0.05, 0.1) is 32.0 Å². The van der Waals surface area contributed by atoms with Crippen molar-refractivity contribution in [2.75, 3.05) is 32.9 Å². The number of nitrogens with zero attached hydrogens (tertiary/aromatic N) is 1. The molecule has 12 atom stereocenters. The summed E-state index contributed by atoms with van der Waals surface area (Å²) in [5, 5.41) is 59.2. The van der Waals surface area contributed by atoms with Crippen LogP contribution < -0.4 is 27.8 Å². The minimum atomic E-state index is -2.73. The number of nitrogens with two attached hydrogens (primary N) is 3. The number of esters is 2. The van der Waals surface area contributed by atoms with Crippen LogP contribution in [-0.4, -0.2) is 176 Å². The Morgan fingerprint density at radius 3 is 1.53 bits per heavy atom. The first-order valence-corrected chi connectivity index (χ1v) is 32.7. The van der Waals surface area contributed by atoms with Gasteiger partial charge in [-0.05, 0) is 40.0 Å². The molecule has 1 rings (SSSR count). The number of aliphatic hydroxyl groups is 4. The van der Waals surface area contributed by atoms with Crippen LogP contribution in [0.2, 0.25) is 0 Å². The number of ether oxygens (including phenoxy) is 4. The Morgan fingerprint density at radius 2 is 1.16 bits per heavy atom. The largest absolute Gasteiger partial charge is 0.479 e. The molecular formula is C59H113N6O19P. The molecule has 0 aromatic heterocycles. The molecule has 0 saturated carbocycles. The number of aliphatic hydroxyl groups excluding tert-OH is 4. The number of carbonyl (C=O) groups excluding carboxylic acids is 6. The summed E-state index contributed by atoms with van der Waals surface area (Å²) in [4.78, 5) is 102. The number of nitrogens with one attached hydrogen (secondary N) is 2. The molecule has 4 amide bonds. The number of carboxylic acid groups (broad SMARTS) is 1. The second-order valence-electron chi connectivity index (χ2n) is 22.6. The van der Waals surface area contributed by atoms with Gasteiger partial charge in [0.1, 0.15) is 30.4 Å². The molecule has 1 fully saturated rings. The van der Waals surface area contributed by atoms with E-state index in [0.29, 0.717) is 25.7 Å². The van der Waals surface area contributed by atoms with Crippen molar-refractivity contribution in [3.63, 3.8) is 0 Å². The number of hydrogen-bond donors (Lipinski definition) is 11. The van der Waals surface area contributed by atoms with Crippen molar-refractivity contribution in [2.24, 2.45) is 17.2 Å². The second-order valence-corrected chi connectivity index (χ2v) is 23.5. The molecule has 14 N–H and O–H groups in total. The summed E-state index contributed by atoms with van der Waals surface area (Å²) >= 11 is 0. The number of aliphatic carboxylic acids is 1. The van der Waals surface area contributed by atoms with Crippen molar-refractivity contribution in [3.8, 4) is 0 Å². The lowest BCUT2D eigenvalue weighted by molar-refractivity contribution is -0.268. The van der Waals surface area contributed by atoms with Gasteiger partial charge in [0.25, 0.3) is 0 Å². The van der Waals surface area contributed by atoms with Crippen LogP contribution in [0.15, 0.2) is 0 Å². The molecule has 498 valence electrons. The molecule has 1 heterocycles. The highest BCUT2D eigenvalue weighted by atomic mass is 31.1. The lowest BCUT2D eigenvalue weighted by Crippen LogP contribution is -2.68. The van der Waals surface area contributed by atoms with Crippen molar-refractivity contribution in [2.45, 2.75) is 301 Å². The van der Waals surface area contributed by atoms with Crippen molar-refractivity contribution in [3.05, 3.63) is 0 Å². The zero-order valence-electron chi connectivity index (χ0n) is 52.2. The van der Waals surface area contributed by atoms with Gasteiger partial charge in [-0.15, -0.1) is 0 Å². The Kier molecular flexibility index (Phi) is 46.8. The van der Waals surface area contributed by atoms with E-state index in [0.717, 1.165) is 70.1 Å². The normalized spacial score (nSPS) is 19.6. The lowest BCUT2D eigenvalue weighted by atomic mass is 9.87. The molecular weight excluding hydrogens is 1130 g/mol. The van der Waals surface area contributed by atoms with Crippen LogP contribution in [0.3, 0.4) is 0 Å². The Hall–Kier alpha value is -3.88. The molecule has 0 spiro atoms. The van der Waals surface area contributed by atoms with Gasteiger partial charge in [-0.2, -0.15) is 0 Å². The van der Waals surface area contributed by atoms with Crippen LogP contribution in [0.5, 0.6) is 0 Å². The molecule has 3 unspecified atom stereocenters. The number of carboxylic acids is 1. The Bertz CT molecular complexity index is 1880. The third-order valence-electron chi connectivity index (χ3n) is 15.0. The molecule has 85 heavy (non-hydrogen) atoms. The first-order valence-electron chi connectivity index (χ1n) is 31.5. The van der Waals surface area contributed by atoms with Gasteiger partial charge < -0.3 is 86.6 Å². The summed E-state index contributed by atoms with van der Waals surface area (Å²) in [6.07, 6.45) is 14.4. The maximum atomic E-state index is 14.8. The Balaban J connectivity index is 0.00000942. The van der Waals surface area contributed by atoms with E-state index in [1.54, 1.807) is 0 Å². The monoisotopic (exact) mass is 1240 g/mol. The van der Waals surface area contributed by atoms with E-state index in [1.165, 1.54) is 104 Å². The van der Waals surface area contributed by atoms with Crippen molar-refractivity contribution in [1.29, 1.82) is 0 Å². The van der Waals surface area contributed by atoms with E-state index in [4.69, 9.17) is 41.0 Å². The smallest absolute Gasteiger partial charge is 0.333 e. The number of amides is 4. The molecule has 0 aromatic carbocycles. The lowest BCUT2D eigenvalue weighted by Gasteiger charge is -2.47. The third kappa shape index (κ3) is 35.6. The standard InChI is InChI=1S/C57H105N5O16.C2H8NO3P/c1-7-9-11-13-15-17-19-21-23-25-27-29-31-33-47(67)76-45(39-64)52(78-48(68)34-32-30-28-26-24-22-20-18-16-14-12-10-8-2)57(6,56(73)74)62(46(66)36-35-43(53(59)70)61-54(71)41(4)58)37-40(3)75-51-49(60-42(5)65)55(72)77-44(38-63)50(51)69;3-1-2-6-7(4)5/h40-41,43-45,49-52,55,63-64,69,72H,7-39,58H2,1-6H3,(H2,59,70)(H,60,65)(H,61,71)(H,73,74);7H,1-3H2,(H,4,5)/t40?,41-,43-,44+,45-,49+,50+,51+,52?,55-,57+;/m0./s1. The molecule has 0 aliphatic carbocycles. The number of hydrogen-bond acceptors (Lipinski definition) is 19. The quantitative estimate of drug-likeness (QED) is 0.0211. The van der Waals surface area contributed by atoms with Crippen LogP contribution in [0.4, 0.5) is 0 Å². The third-order valence-corrected chi connectivity index (χ3v) is 15.5. The first-order chi connectivity index (χ1) is 40.5. The predicted molar refractivity (Wildman–Crippen MR) is 321 cm³/mol. The van der Waals surface area contributed by atoms with Crippen LogP contribution in [-0.2, 0) is 61.6 Å². The fourth-order valence-electron chi connectivity index (χ4n) is 10.0. The van der Waals surface area contributed by atoms with E-state index in [2.05, 4.69) is 29.0 Å². The molecule has 1 saturated heterocycles. The molecule has 0 bridgehead atoms. The molecule has 0 radical (unpaired) electrons. The average Bonchev–Trinajstić information content (AvgIpc) is 1.15. The Morgan fingerprint density at radius 1 is 0.718 bits per heavy atom. The zero-order chi connectivity index (χ0) is 64.2. The summed E-state index contributed by atoms with van der Waals surface area (Å²) in [6.45, 7) is 7.22. The minimum absolute atomic E-state index is 0.101. The van der Waals surface area contributed by atoms with Gasteiger partial charge in [0, 0.05) is 39.3 Å². The summed E-state index contributed by atoms with van der Waals surface area (Å²) in [5.41, 5.74) is 13.5. The van der Waals surface area contributed by atoms with Crippen molar-refractivity contribution < 1.29 is 92.0 Å². The van der Waals surface area contributed by atoms with Crippen molar-refractivity contribution in [1.82, 2.24) is 15.5 Å². The van der Waals surface area contributed by atoms with Crippen LogP contribution in [0.25, 0.3) is 0 Å². The number of unbranched alkanes of at least 4 members (excludes halogenated alkanes) is 24. The maximum absolute atomic E-state index is 14.8. The van der Waals surface area contributed by atoms with E-state index in [9.17, 15) is 63.7 Å². The van der Waals surface area contributed by atoms with E-state index >= 15 is 0 Å². The number of carbonyl (C=O) groups is 7. The van der Waals surface area contributed by atoms with Crippen LogP contribution >= 0.6 is 8.25 Å². The molecule has 26 heteroatoms. The van der Waals surface area contributed by atoms with E-state index in [-0.39, 0.29) is 26.0 Å². The van der Waals surface area contributed by atoms with Gasteiger partial charge in [0.2, 0.25) is 23.6 Å². The van der Waals surface area contributed by atoms with Gasteiger partial charge in [-0.25, -0.2) is 4.79 Å². The minimum Gasteiger partial charge on any atom is -0.479 e. The van der Waals surface area contributed by atoms with Gasteiger partial charge in [0.15, 0.2) is 24.0 Å². The topological polar surface area (TPSA) is 409 Å². The molecule has 1 aliphatic heterocycles. The van der Waals surface area contributed by atoms with Gasteiger partial charge in [-0.1, -0.05) is 168 Å². The fourth-order valence-corrected chi connectivity index (χ4v) is 10.3. The van der Waals surface area contributed by atoms with E-state index in [1.807, 2.05) is 0 Å². The SMILES string of the molecule is CCCCCCCCCCCCCCCC(=O)OC([C@H](CO)OC(=O)CCCCCCCCCCCCCCC)[C@](C)(C(=O)O)N(CC(C)O[C@H]1[C@H](O)[C@@H](CO)O[C@H](O)[C@@H]1NC(C)=O)C(=O)CC[C@H](NC(=O)[C@H](C)N)C(N)=O.NCCO[PH](=O)O. The second kappa shape index (κ2) is 49.1. The van der Waals surface area contributed by atoms with Crippen LogP contribution in [0.1, 0.15) is 234 Å². The highest BCUT2D eigenvalue weighted by Crippen LogP contribution is 2.32. The first kappa shape index (κ1) is 81.1. The maximum Gasteiger partial charge on any atom is 0.333 e. The molecule has 0 aromatic rings. The molecule has 1 aliphatic rings. The fraction of sp³-hybridized carbons (Fsp3) is 0.881. The summed E-state index contributed by atoms with van der Waals surface area (Å²) in [6, 6.07) is -3.97. The number of rotatable bonds is 50. The predicted octanol–water partition coefficient (Wildman–Crippen LogP) is 5.23. The molecule has 25 nitrogen and oxygen atoms in total. The van der Waals surface area contributed by atoms with Gasteiger partial charge in [-0.3, -0.25) is 33.3 Å². The van der Waals surface area contributed by atoms with Gasteiger partial charge >= 0.3 is 26.2 Å². The highest BCUT2D eigenvalue weighted by Gasteiger charge is 2.56. The summed E-state index contributed by atoms with van der Waals surface area (Å²) in [5.74, 6) is -6.96. The van der Waals surface area contributed by atoms with E-state index < -0.39 is 149 Å². The summed E-state index contributed by atoms with van der Waals surface area (Å²) in [7, 11) is -2.73. The average molecular weight is 1240 g/mol.